The molecule has 2 aromatic rings. The molecular weight excluding hydrogens is 295 g/mol. The molecule has 0 atom stereocenters. The molecule has 2 rings (SSSR count). The van der Waals surface area contributed by atoms with Gasteiger partial charge in [0.05, 0.1) is 7.11 Å². The highest BCUT2D eigenvalue weighted by Crippen LogP contribution is 2.40. The van der Waals surface area contributed by atoms with E-state index < -0.39 is 23.4 Å². The van der Waals surface area contributed by atoms with Gasteiger partial charge in [0.25, 0.3) is 0 Å². The van der Waals surface area contributed by atoms with E-state index in [0.717, 1.165) is 6.07 Å². The fourth-order valence-corrected chi connectivity index (χ4v) is 1.95. The lowest BCUT2D eigenvalue weighted by Gasteiger charge is -2.19. The van der Waals surface area contributed by atoms with E-state index in [1.807, 2.05) is 0 Å². The van der Waals surface area contributed by atoms with Crippen molar-refractivity contribution in [1.82, 2.24) is 0 Å². The first-order valence-electron chi connectivity index (χ1n) is 5.75. The summed E-state index contributed by atoms with van der Waals surface area (Å²) in [5, 5.41) is 0.259. The molecule has 7 heteroatoms. The first kappa shape index (κ1) is 15.2. The Morgan fingerprint density at radius 3 is 2.05 bits per heavy atom. The van der Waals surface area contributed by atoms with Gasteiger partial charge in [0.2, 0.25) is 5.78 Å². The zero-order valence-electron chi connectivity index (χ0n) is 10.7. The minimum atomic E-state index is -5.94. The van der Waals surface area contributed by atoms with Crippen molar-refractivity contribution >= 4 is 16.6 Å². The number of carbonyl (C=O) groups excluding carboxylic acids is 1. The lowest BCUT2D eigenvalue weighted by molar-refractivity contribution is -0.255. The first-order chi connectivity index (χ1) is 9.70. The van der Waals surface area contributed by atoms with Gasteiger partial charge in [-0.3, -0.25) is 4.79 Å². The molecule has 0 radical (unpaired) electrons. The molecule has 0 aliphatic heterocycles. The zero-order chi connectivity index (χ0) is 15.8. The molecule has 0 aliphatic carbocycles. The minimum Gasteiger partial charge on any atom is -0.496 e. The van der Waals surface area contributed by atoms with Crippen LogP contribution in [0.25, 0.3) is 10.8 Å². The number of rotatable bonds is 3. The Labute approximate surface area is 116 Å². The van der Waals surface area contributed by atoms with Gasteiger partial charge >= 0.3 is 12.1 Å². The molecule has 0 bridgehead atoms. The topological polar surface area (TPSA) is 26.3 Å². The number of ketones is 1. The van der Waals surface area contributed by atoms with Gasteiger partial charge in [0, 0.05) is 10.9 Å². The van der Waals surface area contributed by atoms with Crippen molar-refractivity contribution < 1.29 is 31.5 Å². The average Bonchev–Trinajstić information content (AvgIpc) is 2.44. The molecule has 0 N–H and O–H groups in total. The van der Waals surface area contributed by atoms with Crippen LogP contribution in [-0.2, 0) is 0 Å². The smallest absolute Gasteiger partial charge is 0.461 e. The van der Waals surface area contributed by atoms with E-state index >= 15 is 0 Å². The van der Waals surface area contributed by atoms with Crippen LogP contribution >= 0.6 is 0 Å². The fourth-order valence-electron chi connectivity index (χ4n) is 1.95. The maximum atomic E-state index is 13.2. The molecule has 112 valence electrons. The third-order valence-electron chi connectivity index (χ3n) is 2.99. The number of Topliss-reactive ketones (excluding diaryl/α,β-unsaturated/α-hetero) is 1. The van der Waals surface area contributed by atoms with E-state index in [1.165, 1.54) is 31.4 Å². The molecule has 0 unspecified atom stereocenters. The van der Waals surface area contributed by atoms with Crippen LogP contribution in [0.4, 0.5) is 22.0 Å². The molecule has 0 amide bonds. The van der Waals surface area contributed by atoms with Gasteiger partial charge in [-0.2, -0.15) is 22.0 Å². The predicted molar refractivity (Wildman–Crippen MR) is 65.8 cm³/mol. The maximum Gasteiger partial charge on any atom is 0.461 e. The minimum absolute atomic E-state index is 0.0224. The number of benzene rings is 2. The van der Waals surface area contributed by atoms with Gasteiger partial charge < -0.3 is 4.74 Å². The van der Waals surface area contributed by atoms with Crippen LogP contribution in [-0.4, -0.2) is 25.0 Å². The predicted octanol–water partition coefficient (Wildman–Crippen LogP) is 4.23. The number of methoxy groups -OCH3 is 1. The Bertz CT molecular complexity index is 691. The summed E-state index contributed by atoms with van der Waals surface area (Å²) in [6.07, 6.45) is -5.94. The van der Waals surface area contributed by atoms with Crippen molar-refractivity contribution in [2.24, 2.45) is 0 Å². The zero-order valence-corrected chi connectivity index (χ0v) is 10.7. The van der Waals surface area contributed by atoms with Gasteiger partial charge in [0.1, 0.15) is 5.75 Å². The van der Waals surface area contributed by atoms with Crippen LogP contribution in [0.5, 0.6) is 5.75 Å². The van der Waals surface area contributed by atoms with Crippen LogP contribution in [0, 0.1) is 0 Å². The van der Waals surface area contributed by atoms with Crippen LogP contribution < -0.4 is 4.74 Å². The second kappa shape index (κ2) is 4.98. The largest absolute Gasteiger partial charge is 0.496 e. The van der Waals surface area contributed by atoms with Gasteiger partial charge in [-0.15, -0.1) is 0 Å². The van der Waals surface area contributed by atoms with E-state index in [4.69, 9.17) is 4.74 Å². The fraction of sp³-hybridized carbons (Fsp3) is 0.214. The normalized spacial score (nSPS) is 12.5. The highest BCUT2D eigenvalue weighted by Gasteiger charge is 2.63. The number of fused-ring (bicyclic) bond motifs is 1. The van der Waals surface area contributed by atoms with Gasteiger partial charge in [0.15, 0.2) is 0 Å². The molecule has 0 saturated heterocycles. The molecule has 0 spiro atoms. The second-order valence-electron chi connectivity index (χ2n) is 4.26. The summed E-state index contributed by atoms with van der Waals surface area (Å²) in [5.74, 6) is -7.45. The van der Waals surface area contributed by atoms with Crippen LogP contribution in [0.2, 0.25) is 0 Å². The van der Waals surface area contributed by atoms with Crippen LogP contribution in [0.1, 0.15) is 10.4 Å². The highest BCUT2D eigenvalue weighted by atomic mass is 19.4. The number of hydrogen-bond donors (Lipinski definition) is 0. The quantitative estimate of drug-likeness (QED) is 0.626. The third-order valence-corrected chi connectivity index (χ3v) is 2.99. The Hall–Kier alpha value is -2.18. The molecule has 0 aromatic heterocycles. The summed E-state index contributed by atoms with van der Waals surface area (Å²) in [7, 11) is 1.33. The number of alkyl halides is 5. The molecule has 2 nitrogen and oxygen atoms in total. The number of carbonyl (C=O) groups is 1. The van der Waals surface area contributed by atoms with E-state index in [2.05, 4.69) is 0 Å². The summed E-state index contributed by atoms with van der Waals surface area (Å²) < 4.78 is 68.4. The Morgan fingerprint density at radius 1 is 0.952 bits per heavy atom. The van der Waals surface area contributed by atoms with Crippen LogP contribution in [0.3, 0.4) is 0 Å². The standard InChI is InChI=1S/C14H9F5O2/c1-21-11-7-6-10(8-4-2-3-5-9(8)11)12(20)13(15,16)14(17,18)19/h2-7H,1H3. The SMILES string of the molecule is COc1ccc(C(=O)C(F)(F)C(F)(F)F)c2ccccc12. The van der Waals surface area contributed by atoms with Crippen molar-refractivity contribution in [1.29, 1.82) is 0 Å². The van der Waals surface area contributed by atoms with Crippen molar-refractivity contribution in [3.05, 3.63) is 42.0 Å². The molecular formula is C14H9F5O2. The lowest BCUT2D eigenvalue weighted by atomic mass is 9.97. The van der Waals surface area contributed by atoms with Crippen LogP contribution in [0.15, 0.2) is 36.4 Å². The molecule has 0 fully saturated rings. The summed E-state index contributed by atoms with van der Waals surface area (Å²) in [6.45, 7) is 0. The van der Waals surface area contributed by atoms with E-state index in [1.54, 1.807) is 6.07 Å². The summed E-state index contributed by atoms with van der Waals surface area (Å²) >= 11 is 0. The lowest BCUT2D eigenvalue weighted by Crippen LogP contribution is -2.44. The molecule has 0 heterocycles. The first-order valence-corrected chi connectivity index (χ1v) is 5.75. The van der Waals surface area contributed by atoms with Gasteiger partial charge in [-0.1, -0.05) is 24.3 Å². The summed E-state index contributed by atoms with van der Waals surface area (Å²) in [4.78, 5) is 11.6. The average molecular weight is 304 g/mol. The number of ether oxygens (including phenoxy) is 1. The monoisotopic (exact) mass is 304 g/mol. The second-order valence-corrected chi connectivity index (χ2v) is 4.26. The Balaban J connectivity index is 2.66. The van der Waals surface area contributed by atoms with Crippen molar-refractivity contribution in [3.63, 3.8) is 0 Å². The van der Waals surface area contributed by atoms with E-state index in [0.29, 0.717) is 0 Å². The third kappa shape index (κ3) is 2.43. The maximum absolute atomic E-state index is 13.2. The Morgan fingerprint density at radius 2 is 1.52 bits per heavy atom. The Kier molecular flexibility index (Phi) is 3.61. The number of halogens is 5. The van der Waals surface area contributed by atoms with Crippen molar-refractivity contribution in [2.45, 2.75) is 12.1 Å². The van der Waals surface area contributed by atoms with E-state index in [-0.39, 0.29) is 16.5 Å². The summed E-state index contributed by atoms with van der Waals surface area (Å²) in [6, 6.07) is 7.84. The molecule has 0 aliphatic rings. The molecule has 0 saturated carbocycles. The van der Waals surface area contributed by atoms with Crippen molar-refractivity contribution in [3.8, 4) is 5.75 Å². The van der Waals surface area contributed by atoms with Crippen molar-refractivity contribution in [2.75, 3.05) is 7.11 Å². The number of hydrogen-bond acceptors (Lipinski definition) is 2. The highest BCUT2D eigenvalue weighted by molar-refractivity contribution is 6.12. The van der Waals surface area contributed by atoms with Gasteiger partial charge in [-0.05, 0) is 17.5 Å². The summed E-state index contributed by atoms with van der Waals surface area (Å²) in [5.41, 5.74) is -0.700. The van der Waals surface area contributed by atoms with Gasteiger partial charge in [-0.25, -0.2) is 0 Å². The molecule has 2 aromatic carbocycles. The van der Waals surface area contributed by atoms with E-state index in [9.17, 15) is 26.7 Å². The molecule has 21 heavy (non-hydrogen) atoms.